The third-order valence-corrected chi connectivity index (χ3v) is 5.62. The fourth-order valence-electron chi connectivity index (χ4n) is 2.58. The van der Waals surface area contributed by atoms with Gasteiger partial charge in [-0.1, -0.05) is 41.7 Å². The molecule has 2 N–H and O–H groups in total. The molecule has 1 saturated heterocycles. The van der Waals surface area contributed by atoms with E-state index in [2.05, 4.69) is 25.8 Å². The highest BCUT2D eigenvalue weighted by molar-refractivity contribution is 7.15. The van der Waals surface area contributed by atoms with Gasteiger partial charge >= 0.3 is 0 Å². The Balaban J connectivity index is 1.34. The van der Waals surface area contributed by atoms with Gasteiger partial charge in [0, 0.05) is 18.5 Å². The second-order valence-corrected chi connectivity index (χ2v) is 7.65. The van der Waals surface area contributed by atoms with Crippen molar-refractivity contribution < 1.29 is 9.53 Å². The van der Waals surface area contributed by atoms with E-state index in [9.17, 15) is 4.79 Å². The van der Waals surface area contributed by atoms with Gasteiger partial charge in [-0.25, -0.2) is 4.98 Å². The first kappa shape index (κ1) is 17.1. The third kappa shape index (κ3) is 4.06. The first-order valence-corrected chi connectivity index (χ1v) is 9.97. The number of benzene rings is 1. The third-order valence-electron chi connectivity index (χ3n) is 3.89. The summed E-state index contributed by atoms with van der Waals surface area (Å²) in [6.45, 7) is 1.42. The molecule has 1 aromatic carbocycles. The lowest BCUT2D eigenvalue weighted by atomic mass is 10.2. The smallest absolute Gasteiger partial charge is 0.277 e. The van der Waals surface area contributed by atoms with Crippen molar-refractivity contribution in [3.8, 4) is 0 Å². The van der Waals surface area contributed by atoms with E-state index in [1.165, 1.54) is 22.7 Å². The Morgan fingerprint density at radius 1 is 1.23 bits per heavy atom. The molecular weight excluding hydrogens is 370 g/mol. The van der Waals surface area contributed by atoms with Gasteiger partial charge in [0.25, 0.3) is 5.91 Å². The highest BCUT2D eigenvalue weighted by atomic mass is 32.1. The molecule has 1 atom stereocenters. The number of nitrogens with one attached hydrogen (secondary N) is 2. The summed E-state index contributed by atoms with van der Waals surface area (Å²) in [5, 5.41) is 17.8. The van der Waals surface area contributed by atoms with E-state index in [4.69, 9.17) is 4.74 Å². The van der Waals surface area contributed by atoms with Gasteiger partial charge < -0.3 is 10.1 Å². The Kier molecular flexibility index (Phi) is 5.19. The zero-order chi connectivity index (χ0) is 17.8. The summed E-state index contributed by atoms with van der Waals surface area (Å²) >= 11 is 2.75. The molecule has 1 aliphatic heterocycles. The van der Waals surface area contributed by atoms with Crippen molar-refractivity contribution in [2.75, 3.05) is 17.2 Å². The molecule has 3 aromatic rings. The Hall–Kier alpha value is -2.36. The maximum Gasteiger partial charge on any atom is 0.277 e. The Bertz CT molecular complexity index is 874. The van der Waals surface area contributed by atoms with Crippen molar-refractivity contribution >= 4 is 38.8 Å². The van der Waals surface area contributed by atoms with Gasteiger partial charge in [0.15, 0.2) is 5.13 Å². The Labute approximate surface area is 158 Å². The number of carbonyl (C=O) groups is 1. The number of aromatic nitrogens is 3. The average molecular weight is 387 g/mol. The summed E-state index contributed by atoms with van der Waals surface area (Å²) in [5.74, 6) is -0.288. The van der Waals surface area contributed by atoms with Gasteiger partial charge in [-0.3, -0.25) is 10.1 Å². The highest BCUT2D eigenvalue weighted by Gasteiger charge is 2.22. The van der Waals surface area contributed by atoms with E-state index in [1.807, 2.05) is 30.3 Å². The van der Waals surface area contributed by atoms with Gasteiger partial charge in [0.2, 0.25) is 5.13 Å². The summed E-state index contributed by atoms with van der Waals surface area (Å²) in [6.07, 6.45) is 1.99. The van der Waals surface area contributed by atoms with Gasteiger partial charge in [0.05, 0.1) is 0 Å². The van der Waals surface area contributed by atoms with E-state index in [-0.39, 0.29) is 12.0 Å². The van der Waals surface area contributed by atoms with Crippen LogP contribution in [0.15, 0.2) is 35.7 Å². The topological polar surface area (TPSA) is 89.0 Å². The minimum atomic E-state index is -0.288. The van der Waals surface area contributed by atoms with Crippen molar-refractivity contribution in [1.82, 2.24) is 15.2 Å². The number of ether oxygens (including phenoxy) is 1. The molecule has 1 aliphatic rings. The van der Waals surface area contributed by atoms with Crippen molar-refractivity contribution in [2.45, 2.75) is 25.5 Å². The monoisotopic (exact) mass is 387 g/mol. The second-order valence-electron chi connectivity index (χ2n) is 5.78. The van der Waals surface area contributed by atoms with Crippen LogP contribution in [0, 0.1) is 0 Å². The molecule has 2 aromatic heterocycles. The molecule has 7 nitrogen and oxygen atoms in total. The Morgan fingerprint density at radius 3 is 2.92 bits per heavy atom. The number of nitrogens with zero attached hydrogens (tertiary/aromatic N) is 3. The van der Waals surface area contributed by atoms with Crippen LogP contribution in [0.4, 0.5) is 10.3 Å². The summed E-state index contributed by atoms with van der Waals surface area (Å²) in [6, 6.07) is 10.0. The first-order valence-electron chi connectivity index (χ1n) is 8.27. The lowest BCUT2D eigenvalue weighted by Crippen LogP contribution is -2.12. The van der Waals surface area contributed by atoms with Crippen LogP contribution >= 0.6 is 22.7 Å². The molecule has 4 rings (SSSR count). The molecule has 0 radical (unpaired) electrons. The van der Waals surface area contributed by atoms with E-state index in [1.54, 1.807) is 5.38 Å². The Morgan fingerprint density at radius 2 is 2.12 bits per heavy atom. The van der Waals surface area contributed by atoms with E-state index in [0.717, 1.165) is 30.0 Å². The van der Waals surface area contributed by atoms with Crippen molar-refractivity contribution in [3.63, 3.8) is 0 Å². The van der Waals surface area contributed by atoms with Crippen LogP contribution < -0.4 is 10.6 Å². The number of hydrogen-bond acceptors (Lipinski definition) is 8. The lowest BCUT2D eigenvalue weighted by molar-refractivity contribution is 0.102. The molecule has 0 saturated carbocycles. The molecule has 0 bridgehead atoms. The van der Waals surface area contributed by atoms with Crippen molar-refractivity contribution in [1.29, 1.82) is 0 Å². The van der Waals surface area contributed by atoms with Crippen molar-refractivity contribution in [3.05, 3.63) is 52.0 Å². The molecule has 0 unspecified atom stereocenters. The minimum Gasteiger partial charge on any atom is -0.371 e. The van der Waals surface area contributed by atoms with Crippen LogP contribution in [-0.4, -0.2) is 27.7 Å². The standard InChI is InChI=1S/C17H17N5O2S2/c23-14(20-17-22-21-15(26-17)13-7-4-8-24-13)12-10-25-16(19-12)18-9-11-5-2-1-3-6-11/h1-3,5-6,10,13H,4,7-9H2,(H,18,19)(H,20,22,23)/t13-/m1/s1. The number of hydrogen-bond donors (Lipinski definition) is 2. The number of thiazole rings is 1. The molecule has 1 amide bonds. The van der Waals surface area contributed by atoms with Crippen LogP contribution in [0.5, 0.6) is 0 Å². The van der Waals surface area contributed by atoms with Crippen LogP contribution in [-0.2, 0) is 11.3 Å². The first-order chi connectivity index (χ1) is 12.8. The fraction of sp³-hybridized carbons (Fsp3) is 0.294. The van der Waals surface area contributed by atoms with Crippen LogP contribution in [0.1, 0.15) is 40.0 Å². The maximum absolute atomic E-state index is 12.3. The van der Waals surface area contributed by atoms with E-state index in [0.29, 0.717) is 22.5 Å². The largest absolute Gasteiger partial charge is 0.371 e. The minimum absolute atomic E-state index is 0.00575. The highest BCUT2D eigenvalue weighted by Crippen LogP contribution is 2.32. The van der Waals surface area contributed by atoms with Crippen LogP contribution in [0.25, 0.3) is 0 Å². The predicted molar refractivity (Wildman–Crippen MR) is 102 cm³/mol. The number of anilines is 2. The van der Waals surface area contributed by atoms with Gasteiger partial charge in [-0.15, -0.1) is 21.5 Å². The molecule has 26 heavy (non-hydrogen) atoms. The van der Waals surface area contributed by atoms with E-state index < -0.39 is 0 Å². The predicted octanol–water partition coefficient (Wildman–Crippen LogP) is 3.71. The second kappa shape index (κ2) is 7.90. The SMILES string of the molecule is O=C(Nc1nnc([C@H]2CCCO2)s1)c1csc(NCc2ccccc2)n1. The molecule has 134 valence electrons. The molecule has 0 aliphatic carbocycles. The van der Waals surface area contributed by atoms with Crippen molar-refractivity contribution in [2.24, 2.45) is 0 Å². The van der Waals surface area contributed by atoms with E-state index >= 15 is 0 Å². The molecule has 1 fully saturated rings. The summed E-state index contributed by atoms with van der Waals surface area (Å²) in [5.41, 5.74) is 1.52. The molecule has 3 heterocycles. The zero-order valence-electron chi connectivity index (χ0n) is 13.8. The lowest BCUT2D eigenvalue weighted by Gasteiger charge is -2.02. The van der Waals surface area contributed by atoms with Gasteiger partial charge in [-0.2, -0.15) is 0 Å². The normalized spacial score (nSPS) is 16.5. The quantitative estimate of drug-likeness (QED) is 0.670. The summed E-state index contributed by atoms with van der Waals surface area (Å²) < 4.78 is 5.58. The molecule has 9 heteroatoms. The number of amides is 1. The zero-order valence-corrected chi connectivity index (χ0v) is 15.5. The summed E-state index contributed by atoms with van der Waals surface area (Å²) in [7, 11) is 0. The van der Waals surface area contributed by atoms with Gasteiger partial charge in [0.1, 0.15) is 16.8 Å². The average Bonchev–Trinajstić information content (AvgIpc) is 3.41. The molecular formula is C17H17N5O2S2. The number of rotatable bonds is 6. The fourth-order valence-corrected chi connectivity index (χ4v) is 4.09. The van der Waals surface area contributed by atoms with Crippen LogP contribution in [0.3, 0.4) is 0 Å². The van der Waals surface area contributed by atoms with Crippen LogP contribution in [0.2, 0.25) is 0 Å². The maximum atomic E-state index is 12.3. The number of carbonyl (C=O) groups excluding carboxylic acids is 1. The van der Waals surface area contributed by atoms with Gasteiger partial charge in [-0.05, 0) is 18.4 Å². The summed E-state index contributed by atoms with van der Waals surface area (Å²) in [4.78, 5) is 16.7. The molecule has 0 spiro atoms.